The van der Waals surface area contributed by atoms with E-state index < -0.39 is 5.91 Å². The van der Waals surface area contributed by atoms with Gasteiger partial charge in [-0.1, -0.05) is 48.5 Å². The van der Waals surface area contributed by atoms with Gasteiger partial charge in [-0.3, -0.25) is 9.59 Å². The second-order valence-corrected chi connectivity index (χ2v) is 8.48. The largest absolute Gasteiger partial charge is 0.419 e. The highest BCUT2D eigenvalue weighted by atomic mass is 35.5. The average molecular weight is 473 g/mol. The van der Waals surface area contributed by atoms with Gasteiger partial charge < -0.3 is 20.8 Å². The van der Waals surface area contributed by atoms with E-state index in [1.165, 1.54) is 6.42 Å². The second-order valence-electron chi connectivity index (χ2n) is 7.67. The number of anilines is 2. The molecular formula is C23H22Cl2N4O3. The molecule has 1 aliphatic rings. The zero-order valence-electron chi connectivity index (χ0n) is 17.2. The first kappa shape index (κ1) is 22.2. The van der Waals surface area contributed by atoms with Crippen molar-refractivity contribution in [1.29, 1.82) is 0 Å². The lowest BCUT2D eigenvalue weighted by Gasteiger charge is -2.22. The van der Waals surface area contributed by atoms with Crippen LogP contribution in [0.1, 0.15) is 53.0 Å². The van der Waals surface area contributed by atoms with E-state index in [9.17, 15) is 9.59 Å². The van der Waals surface area contributed by atoms with Crippen LogP contribution in [-0.4, -0.2) is 22.8 Å². The molecule has 0 bridgehead atoms. The summed E-state index contributed by atoms with van der Waals surface area (Å²) in [5.41, 5.74) is 6.89. The maximum absolute atomic E-state index is 12.5. The quantitative estimate of drug-likeness (QED) is 0.435. The predicted molar refractivity (Wildman–Crippen MR) is 125 cm³/mol. The smallest absolute Gasteiger partial charge is 0.273 e. The van der Waals surface area contributed by atoms with E-state index in [-0.39, 0.29) is 29.4 Å². The van der Waals surface area contributed by atoms with E-state index >= 15 is 0 Å². The number of hydrogen-bond acceptors (Lipinski definition) is 5. The molecular weight excluding hydrogens is 451 g/mol. The monoisotopic (exact) mass is 472 g/mol. The molecule has 3 aromatic rings. The summed E-state index contributed by atoms with van der Waals surface area (Å²) in [6.45, 7) is 0. The van der Waals surface area contributed by atoms with Crippen LogP contribution < -0.4 is 16.4 Å². The number of nitrogens with zero attached hydrogens (tertiary/aromatic N) is 1. The Hall–Kier alpha value is -3.03. The summed E-state index contributed by atoms with van der Waals surface area (Å²) in [5, 5.41) is 6.73. The van der Waals surface area contributed by atoms with Gasteiger partial charge in [0.1, 0.15) is 0 Å². The van der Waals surface area contributed by atoms with E-state index in [1.807, 2.05) is 0 Å². The molecule has 4 N–H and O–H groups in total. The lowest BCUT2D eigenvalue weighted by Crippen LogP contribution is -2.36. The molecule has 7 nitrogen and oxygen atoms in total. The molecule has 0 aliphatic heterocycles. The highest BCUT2D eigenvalue weighted by molar-refractivity contribution is 6.38. The third-order valence-electron chi connectivity index (χ3n) is 5.38. The zero-order valence-corrected chi connectivity index (χ0v) is 18.7. The van der Waals surface area contributed by atoms with Crippen LogP contribution >= 0.6 is 23.2 Å². The van der Waals surface area contributed by atoms with Gasteiger partial charge in [0.15, 0.2) is 5.69 Å². The molecule has 1 heterocycles. The molecule has 1 saturated carbocycles. The summed E-state index contributed by atoms with van der Waals surface area (Å²) in [6, 6.07) is 12.0. The molecule has 1 aromatic heterocycles. The van der Waals surface area contributed by atoms with Crippen LogP contribution in [0.3, 0.4) is 0 Å². The van der Waals surface area contributed by atoms with Gasteiger partial charge in [0.2, 0.25) is 11.8 Å². The average Bonchev–Trinajstić information content (AvgIpc) is 3.18. The van der Waals surface area contributed by atoms with Crippen molar-refractivity contribution in [2.75, 3.05) is 5.32 Å². The van der Waals surface area contributed by atoms with E-state index in [1.54, 1.807) is 42.5 Å². The molecule has 2 amide bonds. The van der Waals surface area contributed by atoms with Crippen LogP contribution in [-0.2, 0) is 0 Å². The second kappa shape index (κ2) is 9.63. The van der Waals surface area contributed by atoms with Crippen molar-refractivity contribution in [2.45, 2.75) is 38.1 Å². The number of halogens is 2. The van der Waals surface area contributed by atoms with Crippen LogP contribution in [0.15, 0.2) is 46.9 Å². The first-order valence-corrected chi connectivity index (χ1v) is 11.1. The van der Waals surface area contributed by atoms with Gasteiger partial charge in [0.25, 0.3) is 11.8 Å². The van der Waals surface area contributed by atoms with Crippen molar-refractivity contribution in [1.82, 2.24) is 10.3 Å². The highest BCUT2D eigenvalue weighted by Crippen LogP contribution is 2.36. The Morgan fingerprint density at radius 1 is 1.00 bits per heavy atom. The molecule has 1 aliphatic carbocycles. The Balaban J connectivity index is 1.53. The number of nitrogens with one attached hydrogen (secondary N) is 2. The Bertz CT molecular complexity index is 1120. The molecule has 1 fully saturated rings. The van der Waals surface area contributed by atoms with E-state index in [0.29, 0.717) is 26.9 Å². The number of nitrogens with two attached hydrogens (primary N) is 1. The molecule has 0 spiro atoms. The summed E-state index contributed by atoms with van der Waals surface area (Å²) in [7, 11) is 0. The fourth-order valence-electron chi connectivity index (χ4n) is 3.73. The topological polar surface area (TPSA) is 110 Å². The number of rotatable bonds is 6. The van der Waals surface area contributed by atoms with Gasteiger partial charge in [-0.15, -0.1) is 0 Å². The standard InChI is InChI=1S/C23H22Cl2N4O3/c24-16-7-4-8-17(25)18(16)22-29-19(20(26)30)23(32-22)28-15-11-9-13(10-12-15)21(31)27-14-5-2-1-3-6-14/h4,7-12,14,28H,1-3,5-6H2,(H2,26,30)(H,27,31). The first-order chi connectivity index (χ1) is 15.4. The Morgan fingerprint density at radius 2 is 1.66 bits per heavy atom. The molecule has 0 atom stereocenters. The van der Waals surface area contributed by atoms with Crippen LogP contribution in [0.2, 0.25) is 10.0 Å². The minimum Gasteiger partial charge on any atom is -0.419 e. The zero-order chi connectivity index (χ0) is 22.7. The minimum absolute atomic E-state index is 0.0582. The fraction of sp³-hybridized carbons (Fsp3) is 0.261. The number of carbonyl (C=O) groups is 2. The molecule has 32 heavy (non-hydrogen) atoms. The SMILES string of the molecule is NC(=O)c1nc(-c2c(Cl)cccc2Cl)oc1Nc1ccc(C(=O)NC2CCCCC2)cc1. The summed E-state index contributed by atoms with van der Waals surface area (Å²) in [6.07, 6.45) is 5.56. The minimum atomic E-state index is -0.769. The van der Waals surface area contributed by atoms with Crippen LogP contribution in [0, 0.1) is 0 Å². The van der Waals surface area contributed by atoms with Gasteiger partial charge in [-0.2, -0.15) is 0 Å². The van der Waals surface area contributed by atoms with Gasteiger partial charge >= 0.3 is 0 Å². The molecule has 0 saturated heterocycles. The lowest BCUT2D eigenvalue weighted by molar-refractivity contribution is 0.0926. The summed E-state index contributed by atoms with van der Waals surface area (Å²) < 4.78 is 5.73. The van der Waals surface area contributed by atoms with E-state index in [4.69, 9.17) is 33.4 Å². The normalized spacial score (nSPS) is 14.2. The Labute approximate surface area is 195 Å². The number of amides is 2. The number of aromatic nitrogens is 1. The van der Waals surface area contributed by atoms with Crippen molar-refractivity contribution in [2.24, 2.45) is 5.73 Å². The van der Waals surface area contributed by atoms with Crippen LogP contribution in [0.25, 0.3) is 11.5 Å². The van der Waals surface area contributed by atoms with E-state index in [0.717, 1.165) is 25.7 Å². The first-order valence-electron chi connectivity index (χ1n) is 10.4. The van der Waals surface area contributed by atoms with Gasteiger partial charge in [-0.25, -0.2) is 4.98 Å². The molecule has 4 rings (SSSR count). The number of carbonyl (C=O) groups excluding carboxylic acids is 2. The van der Waals surface area contributed by atoms with Gasteiger partial charge in [0.05, 0.1) is 15.6 Å². The predicted octanol–water partition coefficient (Wildman–Crippen LogP) is 5.55. The fourth-order valence-corrected chi connectivity index (χ4v) is 4.29. The highest BCUT2D eigenvalue weighted by Gasteiger charge is 2.22. The summed E-state index contributed by atoms with van der Waals surface area (Å²) >= 11 is 12.4. The third kappa shape index (κ3) is 4.89. The molecule has 0 unspecified atom stereocenters. The number of oxazole rings is 1. The van der Waals surface area contributed by atoms with Crippen LogP contribution in [0.4, 0.5) is 11.6 Å². The maximum atomic E-state index is 12.5. The Morgan fingerprint density at radius 3 is 2.28 bits per heavy atom. The van der Waals surface area contributed by atoms with Crippen molar-refractivity contribution in [3.05, 3.63) is 63.8 Å². The summed E-state index contributed by atoms with van der Waals surface area (Å²) in [5.74, 6) is -0.742. The lowest BCUT2D eigenvalue weighted by atomic mass is 9.95. The Kier molecular flexibility index (Phi) is 6.67. The van der Waals surface area contributed by atoms with Gasteiger partial charge in [-0.05, 0) is 49.2 Å². The molecule has 9 heteroatoms. The molecule has 2 aromatic carbocycles. The summed E-state index contributed by atoms with van der Waals surface area (Å²) in [4.78, 5) is 28.6. The van der Waals surface area contributed by atoms with Gasteiger partial charge in [0, 0.05) is 17.3 Å². The van der Waals surface area contributed by atoms with Crippen molar-refractivity contribution in [3.63, 3.8) is 0 Å². The number of primary amides is 1. The third-order valence-corrected chi connectivity index (χ3v) is 6.01. The molecule has 0 radical (unpaired) electrons. The molecule has 166 valence electrons. The number of hydrogen-bond donors (Lipinski definition) is 3. The van der Waals surface area contributed by atoms with Crippen molar-refractivity contribution in [3.8, 4) is 11.5 Å². The maximum Gasteiger partial charge on any atom is 0.273 e. The van der Waals surface area contributed by atoms with Crippen molar-refractivity contribution < 1.29 is 14.0 Å². The van der Waals surface area contributed by atoms with E-state index in [2.05, 4.69) is 15.6 Å². The van der Waals surface area contributed by atoms with Crippen molar-refractivity contribution >= 4 is 46.6 Å². The number of benzene rings is 2. The van der Waals surface area contributed by atoms with Crippen LogP contribution in [0.5, 0.6) is 0 Å².